The highest BCUT2D eigenvalue weighted by Gasteiger charge is 2.36. The van der Waals surface area contributed by atoms with Crippen LogP contribution in [0, 0.1) is 13.8 Å². The number of allylic oxidation sites excluding steroid dienone is 1. The van der Waals surface area contributed by atoms with Gasteiger partial charge in [-0.1, -0.05) is 42.5 Å². The first kappa shape index (κ1) is 17.4. The lowest BCUT2D eigenvalue weighted by molar-refractivity contribution is 0.0990. The largest absolute Gasteiger partial charge is 0.435 e. The van der Waals surface area contributed by atoms with E-state index in [0.717, 1.165) is 22.4 Å². The highest BCUT2D eigenvalue weighted by molar-refractivity contribution is 6.42. The summed E-state index contributed by atoms with van der Waals surface area (Å²) < 4.78 is 7.80. The Bertz CT molecular complexity index is 1310. The van der Waals surface area contributed by atoms with Crippen LogP contribution in [0.25, 0.3) is 28.6 Å². The molecular formula is C24H18N2O3. The zero-order valence-electron chi connectivity index (χ0n) is 16.3. The molecule has 5 nitrogen and oxygen atoms in total. The number of ketones is 2. The van der Waals surface area contributed by atoms with Crippen molar-refractivity contribution in [1.82, 2.24) is 9.55 Å². The number of benzene rings is 2. The van der Waals surface area contributed by atoms with Crippen molar-refractivity contribution in [3.05, 3.63) is 82.2 Å². The van der Waals surface area contributed by atoms with Crippen molar-refractivity contribution in [1.29, 1.82) is 0 Å². The lowest BCUT2D eigenvalue weighted by Gasteiger charge is -2.03. The fourth-order valence-corrected chi connectivity index (χ4v) is 3.98. The normalized spacial score (nSPS) is 13.4. The maximum atomic E-state index is 12.9. The Kier molecular flexibility index (Phi) is 3.68. The molecule has 1 aliphatic rings. The molecule has 0 aliphatic heterocycles. The molecule has 0 bridgehead atoms. The predicted octanol–water partition coefficient (Wildman–Crippen LogP) is 4.91. The minimum Gasteiger partial charge on any atom is -0.435 e. The molecule has 2 aromatic heterocycles. The second-order valence-corrected chi connectivity index (χ2v) is 7.36. The van der Waals surface area contributed by atoms with Gasteiger partial charge in [-0.05, 0) is 30.5 Å². The minimum absolute atomic E-state index is 0.104. The van der Waals surface area contributed by atoms with Gasteiger partial charge < -0.3 is 8.98 Å². The summed E-state index contributed by atoms with van der Waals surface area (Å²) in [4.78, 5) is 30.3. The van der Waals surface area contributed by atoms with Crippen LogP contribution in [-0.4, -0.2) is 21.1 Å². The molecule has 0 spiro atoms. The number of Topliss-reactive ketones (excluding diaryl/α,β-unsaturated/α-hetero) is 2. The fraction of sp³-hybridized carbons (Fsp3) is 0.125. The Labute approximate surface area is 167 Å². The average Bonchev–Trinajstić information content (AvgIpc) is 3.33. The van der Waals surface area contributed by atoms with Gasteiger partial charge in [0.25, 0.3) is 0 Å². The average molecular weight is 382 g/mol. The van der Waals surface area contributed by atoms with Crippen molar-refractivity contribution in [3.8, 4) is 11.3 Å². The molecule has 0 saturated heterocycles. The summed E-state index contributed by atoms with van der Waals surface area (Å²) in [5, 5.41) is 0. The molecule has 5 heteroatoms. The van der Waals surface area contributed by atoms with Crippen LogP contribution in [0.2, 0.25) is 0 Å². The van der Waals surface area contributed by atoms with Crippen LogP contribution in [0.1, 0.15) is 37.7 Å². The Morgan fingerprint density at radius 2 is 1.55 bits per heavy atom. The lowest BCUT2D eigenvalue weighted by Crippen LogP contribution is -2.01. The van der Waals surface area contributed by atoms with Gasteiger partial charge in [0.05, 0.1) is 11.3 Å². The van der Waals surface area contributed by atoms with Crippen molar-refractivity contribution in [2.24, 2.45) is 7.05 Å². The first-order valence-electron chi connectivity index (χ1n) is 9.38. The second kappa shape index (κ2) is 6.14. The lowest BCUT2D eigenvalue weighted by atomic mass is 9.99. The van der Waals surface area contributed by atoms with Gasteiger partial charge in [0.15, 0.2) is 22.8 Å². The molecule has 0 atom stereocenters. The number of fused-ring (bicyclic) bond motifs is 2. The molecule has 4 aromatic rings. The third-order valence-electron chi connectivity index (χ3n) is 5.50. The molecule has 0 radical (unpaired) electrons. The molecule has 0 unspecified atom stereocenters. The zero-order chi connectivity index (χ0) is 20.3. The number of aryl methyl sites for hydroxylation is 3. The summed E-state index contributed by atoms with van der Waals surface area (Å²) in [7, 11) is 1.92. The van der Waals surface area contributed by atoms with Gasteiger partial charge in [-0.15, -0.1) is 0 Å². The van der Waals surface area contributed by atoms with Gasteiger partial charge >= 0.3 is 0 Å². The smallest absolute Gasteiger partial charge is 0.222 e. The van der Waals surface area contributed by atoms with E-state index in [0.29, 0.717) is 22.4 Å². The monoisotopic (exact) mass is 382 g/mol. The summed E-state index contributed by atoms with van der Waals surface area (Å²) >= 11 is 0. The van der Waals surface area contributed by atoms with Crippen LogP contribution >= 0.6 is 0 Å². The van der Waals surface area contributed by atoms with Gasteiger partial charge in [-0.2, -0.15) is 4.98 Å². The third kappa shape index (κ3) is 2.51. The van der Waals surface area contributed by atoms with E-state index in [-0.39, 0.29) is 23.0 Å². The molecule has 2 heterocycles. The molecule has 5 rings (SSSR count). The van der Waals surface area contributed by atoms with E-state index in [9.17, 15) is 9.59 Å². The first-order chi connectivity index (χ1) is 14.0. The van der Waals surface area contributed by atoms with Crippen LogP contribution in [0.5, 0.6) is 0 Å². The van der Waals surface area contributed by atoms with Crippen LogP contribution in [0.15, 0.2) is 58.5 Å². The highest BCUT2D eigenvalue weighted by Crippen LogP contribution is 2.33. The van der Waals surface area contributed by atoms with Crippen molar-refractivity contribution >= 4 is 28.9 Å². The number of aromatic nitrogens is 2. The summed E-state index contributed by atoms with van der Waals surface area (Å²) in [5.41, 5.74) is 6.01. The molecule has 0 saturated carbocycles. The standard InChI is InChI=1S/C24H18N2O3/c1-13-9-10-14(2)21-20(13)22(27)16(23(21)28)11-19-25-24-18(29-19)12-17(26(24)3)15-7-5-4-6-8-15/h4-12H,1-3H3. The van der Waals surface area contributed by atoms with Crippen LogP contribution in [0.3, 0.4) is 0 Å². The van der Waals surface area contributed by atoms with E-state index in [1.165, 1.54) is 6.08 Å². The number of hydrogen-bond donors (Lipinski definition) is 0. The number of rotatable bonds is 2. The van der Waals surface area contributed by atoms with E-state index >= 15 is 0 Å². The molecule has 0 fully saturated rings. The molecular weight excluding hydrogens is 364 g/mol. The fourth-order valence-electron chi connectivity index (χ4n) is 3.98. The quantitative estimate of drug-likeness (QED) is 0.365. The Morgan fingerprint density at radius 3 is 2.14 bits per heavy atom. The minimum atomic E-state index is -0.265. The van der Waals surface area contributed by atoms with Crippen molar-refractivity contribution in [3.63, 3.8) is 0 Å². The molecule has 0 N–H and O–H groups in total. The molecule has 29 heavy (non-hydrogen) atoms. The van der Waals surface area contributed by atoms with E-state index in [1.807, 2.05) is 74.0 Å². The number of oxazole rings is 1. The Morgan fingerprint density at radius 1 is 0.931 bits per heavy atom. The molecule has 2 aromatic carbocycles. The number of nitrogens with zero attached hydrogens (tertiary/aromatic N) is 2. The maximum absolute atomic E-state index is 12.9. The summed E-state index contributed by atoms with van der Waals surface area (Å²) in [6.07, 6.45) is 1.46. The second-order valence-electron chi connectivity index (χ2n) is 7.36. The zero-order valence-corrected chi connectivity index (χ0v) is 16.3. The number of carbonyl (C=O) groups excluding carboxylic acids is 2. The van der Waals surface area contributed by atoms with E-state index in [4.69, 9.17) is 4.42 Å². The van der Waals surface area contributed by atoms with E-state index in [1.54, 1.807) is 0 Å². The first-order valence-corrected chi connectivity index (χ1v) is 9.38. The Balaban J connectivity index is 1.58. The summed E-state index contributed by atoms with van der Waals surface area (Å²) in [6.45, 7) is 3.69. The van der Waals surface area contributed by atoms with E-state index in [2.05, 4.69) is 4.98 Å². The van der Waals surface area contributed by atoms with Crippen molar-refractivity contribution < 1.29 is 14.0 Å². The maximum Gasteiger partial charge on any atom is 0.222 e. The van der Waals surface area contributed by atoms with Crippen molar-refractivity contribution in [2.45, 2.75) is 13.8 Å². The van der Waals surface area contributed by atoms with Gasteiger partial charge in [0, 0.05) is 30.3 Å². The van der Waals surface area contributed by atoms with Gasteiger partial charge in [0.1, 0.15) is 0 Å². The van der Waals surface area contributed by atoms with Crippen molar-refractivity contribution in [2.75, 3.05) is 0 Å². The van der Waals surface area contributed by atoms with Gasteiger partial charge in [0.2, 0.25) is 5.89 Å². The number of hydrogen-bond acceptors (Lipinski definition) is 4. The van der Waals surface area contributed by atoms with Crippen LogP contribution in [-0.2, 0) is 7.05 Å². The summed E-state index contributed by atoms with van der Waals surface area (Å²) in [5.74, 6) is -0.276. The van der Waals surface area contributed by atoms with E-state index < -0.39 is 0 Å². The summed E-state index contributed by atoms with van der Waals surface area (Å²) in [6, 6.07) is 15.6. The highest BCUT2D eigenvalue weighted by atomic mass is 16.3. The van der Waals surface area contributed by atoms with Gasteiger partial charge in [-0.25, -0.2) is 0 Å². The molecule has 0 amide bonds. The van der Waals surface area contributed by atoms with Crippen LogP contribution < -0.4 is 0 Å². The molecule has 1 aliphatic carbocycles. The SMILES string of the molecule is Cc1ccc(C)c2c1C(=O)C(=Cc1nc3c(cc(-c4ccccc4)n3C)o1)C2=O. The third-order valence-corrected chi connectivity index (χ3v) is 5.50. The van der Waals surface area contributed by atoms with Gasteiger partial charge in [-0.3, -0.25) is 9.59 Å². The topological polar surface area (TPSA) is 65.1 Å². The number of carbonyl (C=O) groups is 2. The predicted molar refractivity (Wildman–Crippen MR) is 111 cm³/mol. The van der Waals surface area contributed by atoms with Crippen LogP contribution in [0.4, 0.5) is 0 Å². The molecule has 142 valence electrons. The Hall–Kier alpha value is -3.73.